The van der Waals surface area contributed by atoms with Crippen LogP contribution in [0.25, 0.3) is 0 Å². The summed E-state index contributed by atoms with van der Waals surface area (Å²) in [6, 6.07) is 13.2. The maximum absolute atomic E-state index is 8.84. The van der Waals surface area contributed by atoms with E-state index >= 15 is 0 Å². The average Bonchev–Trinajstić information content (AvgIpc) is 2.86. The van der Waals surface area contributed by atoms with Gasteiger partial charge in [0.2, 0.25) is 0 Å². The lowest BCUT2D eigenvalue weighted by Crippen LogP contribution is -2.01. The van der Waals surface area contributed by atoms with Crippen molar-refractivity contribution in [2.45, 2.75) is 18.3 Å². The zero-order valence-corrected chi connectivity index (χ0v) is 6.17. The molecule has 53 valence electrons. The molecule has 0 aliphatic heterocycles. The molecule has 0 amide bonds. The van der Waals surface area contributed by atoms with Gasteiger partial charge in [-0.1, -0.05) is 24.3 Å². The summed E-state index contributed by atoms with van der Waals surface area (Å²) in [7, 11) is 0. The topological polar surface area (TPSA) is 23.8 Å². The second-order valence-electron chi connectivity index (χ2n) is 2.97. The van der Waals surface area contributed by atoms with E-state index in [1.165, 1.54) is 0 Å². The number of hydrogen-bond acceptors (Lipinski definition) is 1. The molecule has 1 saturated carbocycles. The van der Waals surface area contributed by atoms with E-state index in [9.17, 15) is 0 Å². The quantitative estimate of drug-likeness (QED) is 0.588. The molecule has 0 bridgehead atoms. The van der Waals surface area contributed by atoms with E-state index in [1.54, 1.807) is 0 Å². The fourth-order valence-electron chi connectivity index (χ4n) is 1.26. The van der Waals surface area contributed by atoms with Gasteiger partial charge in [0.15, 0.2) is 0 Å². The Morgan fingerprint density at radius 1 is 1.45 bits per heavy atom. The summed E-state index contributed by atoms with van der Waals surface area (Å²) >= 11 is 0. The molecule has 2 rings (SSSR count). The van der Waals surface area contributed by atoms with Crippen molar-refractivity contribution in [3.63, 3.8) is 0 Å². The first-order valence-electron chi connectivity index (χ1n) is 3.76. The van der Waals surface area contributed by atoms with Crippen LogP contribution in [0.1, 0.15) is 18.4 Å². The van der Waals surface area contributed by atoms with Crippen LogP contribution in [-0.2, 0) is 5.41 Å². The summed E-state index contributed by atoms with van der Waals surface area (Å²) in [6.45, 7) is 0. The standard InChI is InChI=1S/C10H8N/c11-8-10(6-7-10)9-4-2-1-3-5-9/h1-4H,6-7H2. The predicted octanol–water partition coefficient (Wildman–Crippen LogP) is 2.04. The van der Waals surface area contributed by atoms with E-state index in [0.29, 0.717) is 0 Å². The molecule has 0 spiro atoms. The molecule has 0 atom stereocenters. The monoisotopic (exact) mass is 142 g/mol. The van der Waals surface area contributed by atoms with Crippen LogP contribution in [0.4, 0.5) is 0 Å². The molecule has 0 unspecified atom stereocenters. The molecule has 0 heterocycles. The van der Waals surface area contributed by atoms with Gasteiger partial charge in [-0.25, -0.2) is 0 Å². The predicted molar refractivity (Wildman–Crippen MR) is 41.8 cm³/mol. The van der Waals surface area contributed by atoms with Crippen molar-refractivity contribution in [3.8, 4) is 6.07 Å². The van der Waals surface area contributed by atoms with Crippen molar-refractivity contribution < 1.29 is 0 Å². The molecule has 1 radical (unpaired) electrons. The molecule has 11 heavy (non-hydrogen) atoms. The molecule has 0 saturated heterocycles. The Bertz CT molecular complexity index is 290. The Kier molecular flexibility index (Phi) is 1.22. The molecular formula is C10H8N. The van der Waals surface area contributed by atoms with Crippen molar-refractivity contribution in [3.05, 3.63) is 35.9 Å². The molecule has 0 N–H and O–H groups in total. The largest absolute Gasteiger partial charge is 0.197 e. The van der Waals surface area contributed by atoms with E-state index in [-0.39, 0.29) is 5.41 Å². The van der Waals surface area contributed by atoms with Crippen LogP contribution in [-0.4, -0.2) is 0 Å². The van der Waals surface area contributed by atoms with Crippen LogP contribution < -0.4 is 0 Å². The average molecular weight is 142 g/mol. The minimum absolute atomic E-state index is 0.165. The lowest BCUT2D eigenvalue weighted by molar-refractivity contribution is 0.906. The first kappa shape index (κ1) is 6.42. The van der Waals surface area contributed by atoms with Gasteiger partial charge in [0.05, 0.1) is 11.5 Å². The summed E-state index contributed by atoms with van der Waals surface area (Å²) < 4.78 is 0. The van der Waals surface area contributed by atoms with Crippen LogP contribution in [0.5, 0.6) is 0 Å². The molecule has 0 aromatic heterocycles. The minimum Gasteiger partial charge on any atom is -0.197 e. The van der Waals surface area contributed by atoms with Gasteiger partial charge in [-0.3, -0.25) is 0 Å². The maximum Gasteiger partial charge on any atom is 0.0829 e. The van der Waals surface area contributed by atoms with Gasteiger partial charge in [-0.2, -0.15) is 5.26 Å². The van der Waals surface area contributed by atoms with E-state index in [0.717, 1.165) is 18.4 Å². The van der Waals surface area contributed by atoms with Crippen LogP contribution in [0.15, 0.2) is 24.3 Å². The number of nitriles is 1. The maximum atomic E-state index is 8.84. The highest BCUT2D eigenvalue weighted by molar-refractivity contribution is 5.37. The first-order chi connectivity index (χ1) is 5.37. The van der Waals surface area contributed by atoms with Gasteiger partial charge in [-0.15, -0.1) is 0 Å². The number of benzene rings is 1. The van der Waals surface area contributed by atoms with Crippen LogP contribution in [0, 0.1) is 17.4 Å². The molecule has 1 aliphatic rings. The van der Waals surface area contributed by atoms with E-state index in [1.807, 2.05) is 24.3 Å². The molecular weight excluding hydrogens is 134 g/mol. The van der Waals surface area contributed by atoms with Crippen molar-refractivity contribution in [1.82, 2.24) is 0 Å². The lowest BCUT2D eigenvalue weighted by Gasteiger charge is -2.02. The Morgan fingerprint density at radius 3 is 2.73 bits per heavy atom. The zero-order valence-electron chi connectivity index (χ0n) is 6.17. The third-order valence-corrected chi connectivity index (χ3v) is 2.19. The van der Waals surface area contributed by atoms with Crippen molar-refractivity contribution in [1.29, 1.82) is 5.26 Å². The third kappa shape index (κ3) is 0.914. The Hall–Kier alpha value is -1.29. The van der Waals surface area contributed by atoms with Gasteiger partial charge in [0.25, 0.3) is 0 Å². The zero-order chi connectivity index (χ0) is 7.73. The first-order valence-corrected chi connectivity index (χ1v) is 3.76. The normalized spacial score (nSPS) is 18.8. The molecule has 1 fully saturated rings. The van der Waals surface area contributed by atoms with E-state index < -0.39 is 0 Å². The SMILES string of the molecule is N#CC1(c2[c]cccc2)CC1. The second-order valence-corrected chi connectivity index (χ2v) is 2.97. The summed E-state index contributed by atoms with van der Waals surface area (Å²) in [6.07, 6.45) is 2.01. The number of nitrogens with zero attached hydrogens (tertiary/aromatic N) is 1. The van der Waals surface area contributed by atoms with Gasteiger partial charge in [0, 0.05) is 0 Å². The molecule has 1 aromatic rings. The molecule has 1 nitrogen and oxygen atoms in total. The van der Waals surface area contributed by atoms with Crippen LogP contribution in [0.2, 0.25) is 0 Å². The fraction of sp³-hybridized carbons (Fsp3) is 0.300. The van der Waals surface area contributed by atoms with E-state index in [4.69, 9.17) is 5.26 Å². The second kappa shape index (κ2) is 2.10. The molecule has 1 heteroatoms. The Labute approximate surface area is 66.3 Å². The summed E-state index contributed by atoms with van der Waals surface area (Å²) in [5.74, 6) is 0. The summed E-state index contributed by atoms with van der Waals surface area (Å²) in [4.78, 5) is 0. The summed E-state index contributed by atoms with van der Waals surface area (Å²) in [5, 5.41) is 8.84. The highest BCUT2D eigenvalue weighted by Gasteiger charge is 2.44. The van der Waals surface area contributed by atoms with Gasteiger partial charge >= 0.3 is 0 Å². The van der Waals surface area contributed by atoms with Gasteiger partial charge in [-0.05, 0) is 24.5 Å². The third-order valence-electron chi connectivity index (χ3n) is 2.19. The summed E-state index contributed by atoms with van der Waals surface area (Å²) in [5.41, 5.74) is 0.892. The van der Waals surface area contributed by atoms with Gasteiger partial charge < -0.3 is 0 Å². The molecule has 1 aromatic carbocycles. The molecule has 1 aliphatic carbocycles. The van der Waals surface area contributed by atoms with Crippen molar-refractivity contribution in [2.75, 3.05) is 0 Å². The Balaban J connectivity index is 2.39. The number of rotatable bonds is 1. The number of hydrogen-bond donors (Lipinski definition) is 0. The van der Waals surface area contributed by atoms with Crippen molar-refractivity contribution in [2.24, 2.45) is 0 Å². The highest BCUT2D eigenvalue weighted by atomic mass is 14.5. The van der Waals surface area contributed by atoms with Gasteiger partial charge in [0.1, 0.15) is 0 Å². The highest BCUT2D eigenvalue weighted by Crippen LogP contribution is 2.46. The van der Waals surface area contributed by atoms with Crippen molar-refractivity contribution >= 4 is 0 Å². The fourth-order valence-corrected chi connectivity index (χ4v) is 1.26. The van der Waals surface area contributed by atoms with E-state index in [2.05, 4.69) is 12.1 Å². The minimum atomic E-state index is -0.165. The lowest BCUT2D eigenvalue weighted by atomic mass is 9.98. The van der Waals surface area contributed by atoms with Crippen LogP contribution in [0.3, 0.4) is 0 Å². The Morgan fingerprint density at radius 2 is 2.27 bits per heavy atom. The van der Waals surface area contributed by atoms with Crippen LogP contribution >= 0.6 is 0 Å². The smallest absolute Gasteiger partial charge is 0.0829 e.